The van der Waals surface area contributed by atoms with E-state index in [4.69, 9.17) is 4.74 Å². The number of hydrogen-bond acceptors (Lipinski definition) is 5. The van der Waals surface area contributed by atoms with E-state index in [1.807, 2.05) is 28.3 Å². The Bertz CT molecular complexity index is 995. The van der Waals surface area contributed by atoms with Crippen LogP contribution in [0.1, 0.15) is 27.3 Å². The van der Waals surface area contributed by atoms with Crippen LogP contribution in [0.2, 0.25) is 0 Å². The Kier molecular flexibility index (Phi) is 6.43. The largest absolute Gasteiger partial charge is 0.457 e. The molecule has 0 aliphatic rings. The second kappa shape index (κ2) is 9.00. The number of rotatable bonds is 8. The van der Waals surface area contributed by atoms with Gasteiger partial charge in [0, 0.05) is 22.6 Å². The Morgan fingerprint density at radius 1 is 1.14 bits per heavy atom. The Balaban J connectivity index is 1.69. The molecule has 0 atom stereocenters. The van der Waals surface area contributed by atoms with E-state index in [1.54, 1.807) is 25.1 Å². The van der Waals surface area contributed by atoms with Gasteiger partial charge in [-0.05, 0) is 66.6 Å². The smallest absolute Gasteiger partial charge is 0.387 e. The molecule has 0 unspecified atom stereocenters. The third kappa shape index (κ3) is 5.08. The van der Waals surface area contributed by atoms with Gasteiger partial charge in [-0.3, -0.25) is 9.59 Å². The predicted molar refractivity (Wildman–Crippen MR) is 105 cm³/mol. The topological polar surface area (TPSA) is 57.5 Å². The van der Waals surface area contributed by atoms with Crippen LogP contribution in [0, 0.1) is 13.8 Å². The molecule has 0 aliphatic carbocycles. The van der Waals surface area contributed by atoms with Crippen molar-refractivity contribution in [2.24, 2.45) is 0 Å². The molecule has 0 saturated heterocycles. The minimum Gasteiger partial charge on any atom is -0.457 e. The first-order valence-corrected chi connectivity index (χ1v) is 9.73. The summed E-state index contributed by atoms with van der Waals surface area (Å²) in [6.07, 6.45) is 0.128. The van der Waals surface area contributed by atoms with E-state index in [0.717, 1.165) is 11.3 Å². The molecule has 29 heavy (non-hydrogen) atoms. The number of esters is 1. The summed E-state index contributed by atoms with van der Waals surface area (Å²) in [5.41, 5.74) is 3.46. The fourth-order valence-corrected chi connectivity index (χ4v) is 3.72. The van der Waals surface area contributed by atoms with Gasteiger partial charge in [0.25, 0.3) is 0 Å². The van der Waals surface area contributed by atoms with Crippen LogP contribution in [0.4, 0.5) is 8.78 Å². The molecule has 3 rings (SSSR count). The molecule has 2 heterocycles. The van der Waals surface area contributed by atoms with Crippen molar-refractivity contribution in [1.29, 1.82) is 0 Å². The monoisotopic (exact) mass is 419 g/mol. The first-order chi connectivity index (χ1) is 13.8. The lowest BCUT2D eigenvalue weighted by atomic mass is 10.1. The molecule has 2 aromatic heterocycles. The zero-order valence-corrected chi connectivity index (χ0v) is 16.7. The van der Waals surface area contributed by atoms with Gasteiger partial charge in [0.05, 0.1) is 6.42 Å². The standard InChI is InChI=1S/C21H19F2NO4S/c1-13-9-18(19(25)11-27-20(26)10-15-7-8-29-12-15)14(2)24(13)16-3-5-17(6-4-16)28-21(22)23/h3-9,12,21H,10-11H2,1-2H3. The van der Waals surface area contributed by atoms with Crippen molar-refractivity contribution in [2.45, 2.75) is 26.9 Å². The summed E-state index contributed by atoms with van der Waals surface area (Å²) < 4.78 is 35.9. The molecule has 8 heteroatoms. The summed E-state index contributed by atoms with van der Waals surface area (Å²) in [7, 11) is 0. The average Bonchev–Trinajstić information content (AvgIpc) is 3.28. The van der Waals surface area contributed by atoms with Crippen LogP contribution in [0.5, 0.6) is 5.75 Å². The van der Waals surface area contributed by atoms with Gasteiger partial charge in [-0.15, -0.1) is 0 Å². The van der Waals surface area contributed by atoms with Gasteiger partial charge in [0.1, 0.15) is 5.75 Å². The minimum atomic E-state index is -2.89. The maximum atomic E-state index is 12.6. The summed E-state index contributed by atoms with van der Waals surface area (Å²) in [6, 6.07) is 9.69. The van der Waals surface area contributed by atoms with Crippen molar-refractivity contribution in [3.63, 3.8) is 0 Å². The van der Waals surface area contributed by atoms with Crippen LogP contribution in [0.15, 0.2) is 47.2 Å². The molecule has 0 radical (unpaired) electrons. The van der Waals surface area contributed by atoms with Crippen molar-refractivity contribution >= 4 is 23.1 Å². The fourth-order valence-electron chi connectivity index (χ4n) is 3.05. The zero-order chi connectivity index (χ0) is 21.0. The van der Waals surface area contributed by atoms with Crippen LogP contribution >= 0.6 is 11.3 Å². The number of carbonyl (C=O) groups excluding carboxylic acids is 2. The number of aromatic nitrogens is 1. The summed E-state index contributed by atoms with van der Waals surface area (Å²) in [5.74, 6) is -0.708. The molecule has 0 N–H and O–H groups in total. The first kappa shape index (κ1) is 20.7. The normalized spacial score (nSPS) is 10.9. The molecule has 0 spiro atoms. The van der Waals surface area contributed by atoms with Gasteiger partial charge in [-0.1, -0.05) is 0 Å². The quantitative estimate of drug-likeness (QED) is 0.391. The molecule has 1 aromatic carbocycles. The highest BCUT2D eigenvalue weighted by atomic mass is 32.1. The molecule has 0 aliphatic heterocycles. The zero-order valence-electron chi connectivity index (χ0n) is 15.9. The lowest BCUT2D eigenvalue weighted by molar-refractivity contribution is -0.141. The van der Waals surface area contributed by atoms with Gasteiger partial charge in [0.15, 0.2) is 6.61 Å². The van der Waals surface area contributed by atoms with Crippen LogP contribution in [-0.2, 0) is 16.0 Å². The number of aryl methyl sites for hydroxylation is 1. The molecule has 152 valence electrons. The highest BCUT2D eigenvalue weighted by Crippen LogP contribution is 2.24. The molecular formula is C21H19F2NO4S. The Labute approximate surface area is 170 Å². The number of Topliss-reactive ketones (excluding diaryl/α,β-unsaturated/α-hetero) is 1. The number of ketones is 1. The number of halogens is 2. The van der Waals surface area contributed by atoms with Crippen LogP contribution < -0.4 is 4.74 Å². The predicted octanol–water partition coefficient (Wildman–Crippen LogP) is 4.73. The third-order valence-electron chi connectivity index (χ3n) is 4.34. The minimum absolute atomic E-state index is 0.0556. The van der Waals surface area contributed by atoms with Crippen molar-refractivity contribution < 1.29 is 27.8 Å². The Morgan fingerprint density at radius 3 is 2.48 bits per heavy atom. The number of ether oxygens (including phenoxy) is 2. The maximum absolute atomic E-state index is 12.6. The molecule has 0 saturated carbocycles. The molecule has 3 aromatic rings. The number of carbonyl (C=O) groups is 2. The van der Waals surface area contributed by atoms with Crippen molar-refractivity contribution in [1.82, 2.24) is 4.57 Å². The van der Waals surface area contributed by atoms with E-state index < -0.39 is 12.6 Å². The molecule has 0 bridgehead atoms. The fraction of sp³-hybridized carbons (Fsp3) is 0.238. The SMILES string of the molecule is Cc1cc(C(=O)COC(=O)Cc2ccsc2)c(C)n1-c1ccc(OC(F)F)cc1. The summed E-state index contributed by atoms with van der Waals surface area (Å²) in [6.45, 7) is 0.379. The van der Waals surface area contributed by atoms with Gasteiger partial charge < -0.3 is 14.0 Å². The first-order valence-electron chi connectivity index (χ1n) is 8.79. The molecule has 0 amide bonds. The maximum Gasteiger partial charge on any atom is 0.387 e. The average molecular weight is 419 g/mol. The van der Waals surface area contributed by atoms with E-state index in [0.29, 0.717) is 16.9 Å². The van der Waals surface area contributed by atoms with E-state index in [2.05, 4.69) is 4.74 Å². The lowest BCUT2D eigenvalue weighted by Crippen LogP contribution is -2.16. The molecule has 0 fully saturated rings. The third-order valence-corrected chi connectivity index (χ3v) is 5.08. The lowest BCUT2D eigenvalue weighted by Gasteiger charge is -2.11. The van der Waals surface area contributed by atoms with Gasteiger partial charge >= 0.3 is 12.6 Å². The second-order valence-electron chi connectivity index (χ2n) is 6.38. The van der Waals surface area contributed by atoms with E-state index in [9.17, 15) is 18.4 Å². The number of thiophene rings is 1. The van der Waals surface area contributed by atoms with Crippen molar-refractivity contribution in [3.8, 4) is 11.4 Å². The number of benzene rings is 1. The second-order valence-corrected chi connectivity index (χ2v) is 7.16. The van der Waals surface area contributed by atoms with Gasteiger partial charge in [-0.25, -0.2) is 0 Å². The van der Waals surface area contributed by atoms with E-state index in [-0.39, 0.29) is 24.6 Å². The Hall–Kier alpha value is -3.00. The van der Waals surface area contributed by atoms with E-state index in [1.165, 1.54) is 23.5 Å². The number of hydrogen-bond donors (Lipinski definition) is 0. The number of alkyl halides is 2. The highest BCUT2D eigenvalue weighted by molar-refractivity contribution is 7.08. The van der Waals surface area contributed by atoms with Crippen LogP contribution in [0.3, 0.4) is 0 Å². The summed E-state index contributed by atoms with van der Waals surface area (Å²) >= 11 is 1.49. The Morgan fingerprint density at radius 2 is 1.86 bits per heavy atom. The van der Waals surface area contributed by atoms with Gasteiger partial charge in [-0.2, -0.15) is 20.1 Å². The number of nitrogens with zero attached hydrogens (tertiary/aromatic N) is 1. The molecule has 5 nitrogen and oxygen atoms in total. The summed E-state index contributed by atoms with van der Waals surface area (Å²) in [4.78, 5) is 24.4. The van der Waals surface area contributed by atoms with Gasteiger partial charge in [0.2, 0.25) is 5.78 Å². The van der Waals surface area contributed by atoms with Crippen LogP contribution in [-0.4, -0.2) is 29.5 Å². The van der Waals surface area contributed by atoms with Crippen LogP contribution in [0.25, 0.3) is 5.69 Å². The van der Waals surface area contributed by atoms with E-state index >= 15 is 0 Å². The highest BCUT2D eigenvalue weighted by Gasteiger charge is 2.18. The van der Waals surface area contributed by atoms with Crippen molar-refractivity contribution in [3.05, 3.63) is 69.7 Å². The molecular weight excluding hydrogens is 400 g/mol. The van der Waals surface area contributed by atoms with Crippen molar-refractivity contribution in [2.75, 3.05) is 6.61 Å². The summed E-state index contributed by atoms with van der Waals surface area (Å²) in [5, 5.41) is 3.73.